The minimum Gasteiger partial charge on any atom is -0.484 e. The monoisotopic (exact) mass is 372 g/mol. The molecule has 0 N–H and O–H groups in total. The first-order chi connectivity index (χ1) is 13.1. The molecule has 0 saturated carbocycles. The van der Waals surface area contributed by atoms with E-state index in [-0.39, 0.29) is 36.2 Å². The predicted octanol–water partition coefficient (Wildman–Crippen LogP) is 1.32. The molecule has 1 aromatic carbocycles. The van der Waals surface area contributed by atoms with Crippen LogP contribution in [0.1, 0.15) is 29.6 Å². The fourth-order valence-electron chi connectivity index (χ4n) is 4.05. The topological polar surface area (TPSA) is 76.1 Å². The molecule has 2 atom stereocenters. The molecule has 7 nitrogen and oxygen atoms in total. The SMILES string of the molecule is O=C1OC[C@H]2CN(C(=O)c3cccc(OCC(=O)N4CCCCC4)c3)C[C@@H]12. The minimum atomic E-state index is -0.205. The number of fused-ring (bicyclic) bond motifs is 1. The van der Waals surface area contributed by atoms with Gasteiger partial charge in [-0.15, -0.1) is 0 Å². The quantitative estimate of drug-likeness (QED) is 0.745. The number of rotatable bonds is 4. The molecule has 0 unspecified atom stereocenters. The third-order valence-electron chi connectivity index (χ3n) is 5.62. The Hall–Kier alpha value is -2.57. The molecule has 3 saturated heterocycles. The number of benzene rings is 1. The Morgan fingerprint density at radius 2 is 1.93 bits per heavy atom. The first-order valence-electron chi connectivity index (χ1n) is 9.58. The molecule has 3 heterocycles. The maximum absolute atomic E-state index is 12.8. The number of amides is 2. The van der Waals surface area contributed by atoms with Crippen LogP contribution in [0.3, 0.4) is 0 Å². The molecule has 4 rings (SSSR count). The summed E-state index contributed by atoms with van der Waals surface area (Å²) < 4.78 is 10.7. The molecule has 3 aliphatic rings. The molecule has 7 heteroatoms. The average Bonchev–Trinajstić information content (AvgIpc) is 3.28. The van der Waals surface area contributed by atoms with E-state index >= 15 is 0 Å². The highest BCUT2D eigenvalue weighted by atomic mass is 16.5. The van der Waals surface area contributed by atoms with Gasteiger partial charge in [0.05, 0.1) is 12.5 Å². The van der Waals surface area contributed by atoms with Crippen molar-refractivity contribution in [3.05, 3.63) is 29.8 Å². The molecule has 0 aliphatic carbocycles. The highest BCUT2D eigenvalue weighted by Gasteiger charge is 2.45. The average molecular weight is 372 g/mol. The maximum Gasteiger partial charge on any atom is 0.311 e. The molecule has 3 fully saturated rings. The van der Waals surface area contributed by atoms with Crippen molar-refractivity contribution in [1.82, 2.24) is 9.80 Å². The van der Waals surface area contributed by atoms with Crippen molar-refractivity contribution in [2.24, 2.45) is 11.8 Å². The lowest BCUT2D eigenvalue weighted by Crippen LogP contribution is -2.38. The summed E-state index contributed by atoms with van der Waals surface area (Å²) in [4.78, 5) is 40.2. The van der Waals surface area contributed by atoms with Crippen LogP contribution in [0.15, 0.2) is 24.3 Å². The number of hydrogen-bond donors (Lipinski definition) is 0. The summed E-state index contributed by atoms with van der Waals surface area (Å²) in [5, 5.41) is 0. The van der Waals surface area contributed by atoms with E-state index in [9.17, 15) is 14.4 Å². The molecular formula is C20H24N2O5. The predicted molar refractivity (Wildman–Crippen MR) is 96.2 cm³/mol. The molecule has 0 bridgehead atoms. The van der Waals surface area contributed by atoms with Gasteiger partial charge in [-0.3, -0.25) is 14.4 Å². The van der Waals surface area contributed by atoms with Gasteiger partial charge in [0.2, 0.25) is 0 Å². The number of esters is 1. The number of likely N-dealkylation sites (tertiary alicyclic amines) is 2. The summed E-state index contributed by atoms with van der Waals surface area (Å²) in [5.74, 6) is 0.0644. The second-order valence-electron chi connectivity index (χ2n) is 7.46. The van der Waals surface area contributed by atoms with E-state index in [0.29, 0.717) is 31.0 Å². The normalized spacial score (nSPS) is 24.5. The van der Waals surface area contributed by atoms with Crippen molar-refractivity contribution in [2.75, 3.05) is 39.4 Å². The van der Waals surface area contributed by atoms with Gasteiger partial charge in [-0.25, -0.2) is 0 Å². The number of ether oxygens (including phenoxy) is 2. The van der Waals surface area contributed by atoms with Crippen LogP contribution >= 0.6 is 0 Å². The number of nitrogens with zero attached hydrogens (tertiary/aromatic N) is 2. The highest BCUT2D eigenvalue weighted by Crippen LogP contribution is 2.31. The lowest BCUT2D eigenvalue weighted by molar-refractivity contribution is -0.141. The standard InChI is InChI=1S/C20H24N2O5/c23-18(21-7-2-1-3-8-21)13-26-16-6-4-5-14(9-16)19(24)22-10-15-12-27-20(25)17(15)11-22/h4-6,9,15,17H,1-3,7-8,10-13H2/t15-,17-/m1/s1. The summed E-state index contributed by atoms with van der Waals surface area (Å²) >= 11 is 0. The van der Waals surface area contributed by atoms with E-state index in [0.717, 1.165) is 25.9 Å². The van der Waals surface area contributed by atoms with Gasteiger partial charge in [-0.1, -0.05) is 6.07 Å². The molecular weight excluding hydrogens is 348 g/mol. The maximum atomic E-state index is 12.8. The van der Waals surface area contributed by atoms with E-state index in [2.05, 4.69) is 0 Å². The zero-order valence-corrected chi connectivity index (χ0v) is 15.3. The van der Waals surface area contributed by atoms with Gasteiger partial charge in [-0.2, -0.15) is 0 Å². The largest absolute Gasteiger partial charge is 0.484 e. The van der Waals surface area contributed by atoms with Gasteiger partial charge in [0.25, 0.3) is 11.8 Å². The lowest BCUT2D eigenvalue weighted by Gasteiger charge is -2.26. The Kier molecular flexibility index (Phi) is 5.01. The first-order valence-corrected chi connectivity index (χ1v) is 9.58. The minimum absolute atomic E-state index is 0.0164. The van der Waals surface area contributed by atoms with Crippen LogP contribution in [0, 0.1) is 11.8 Å². The Morgan fingerprint density at radius 1 is 1.11 bits per heavy atom. The van der Waals surface area contributed by atoms with Gasteiger partial charge in [0, 0.05) is 37.7 Å². The van der Waals surface area contributed by atoms with Crippen LogP contribution < -0.4 is 4.74 Å². The number of carbonyl (C=O) groups excluding carboxylic acids is 3. The van der Waals surface area contributed by atoms with Crippen molar-refractivity contribution in [1.29, 1.82) is 0 Å². The van der Waals surface area contributed by atoms with Gasteiger partial charge >= 0.3 is 5.97 Å². The molecule has 27 heavy (non-hydrogen) atoms. The van der Waals surface area contributed by atoms with Crippen LogP contribution in [0.5, 0.6) is 5.75 Å². The number of carbonyl (C=O) groups is 3. The summed E-state index contributed by atoms with van der Waals surface area (Å²) in [6.45, 7) is 2.90. The molecule has 0 radical (unpaired) electrons. The Morgan fingerprint density at radius 3 is 2.70 bits per heavy atom. The molecule has 2 amide bonds. The Balaban J connectivity index is 1.35. The second kappa shape index (κ2) is 7.58. The van der Waals surface area contributed by atoms with Crippen molar-refractivity contribution < 1.29 is 23.9 Å². The van der Waals surface area contributed by atoms with Gasteiger partial charge in [0.1, 0.15) is 5.75 Å². The van der Waals surface area contributed by atoms with E-state index in [4.69, 9.17) is 9.47 Å². The van der Waals surface area contributed by atoms with Gasteiger partial charge < -0.3 is 19.3 Å². The summed E-state index contributed by atoms with van der Waals surface area (Å²) in [7, 11) is 0. The zero-order valence-electron chi connectivity index (χ0n) is 15.3. The molecule has 0 spiro atoms. The van der Waals surface area contributed by atoms with Gasteiger partial charge in [0.15, 0.2) is 6.61 Å². The van der Waals surface area contributed by atoms with E-state index in [1.165, 1.54) is 6.42 Å². The molecule has 0 aromatic heterocycles. The Bertz CT molecular complexity index is 744. The third-order valence-corrected chi connectivity index (χ3v) is 5.62. The van der Waals surface area contributed by atoms with Gasteiger partial charge in [-0.05, 0) is 37.5 Å². The van der Waals surface area contributed by atoms with Crippen molar-refractivity contribution in [3.8, 4) is 5.75 Å². The highest BCUT2D eigenvalue weighted by molar-refractivity contribution is 5.95. The molecule has 3 aliphatic heterocycles. The number of hydrogen-bond acceptors (Lipinski definition) is 5. The van der Waals surface area contributed by atoms with Crippen molar-refractivity contribution >= 4 is 17.8 Å². The van der Waals surface area contributed by atoms with Crippen molar-refractivity contribution in [3.63, 3.8) is 0 Å². The van der Waals surface area contributed by atoms with E-state index in [1.807, 2.05) is 4.90 Å². The van der Waals surface area contributed by atoms with E-state index < -0.39 is 0 Å². The fourth-order valence-corrected chi connectivity index (χ4v) is 4.05. The summed E-state index contributed by atoms with van der Waals surface area (Å²) in [6, 6.07) is 6.89. The van der Waals surface area contributed by atoms with Crippen LogP contribution in [-0.2, 0) is 14.3 Å². The number of cyclic esters (lactones) is 1. The smallest absolute Gasteiger partial charge is 0.311 e. The third kappa shape index (κ3) is 3.77. The molecule has 144 valence electrons. The zero-order chi connectivity index (χ0) is 18.8. The van der Waals surface area contributed by atoms with Crippen molar-refractivity contribution in [2.45, 2.75) is 19.3 Å². The first kappa shape index (κ1) is 17.8. The summed E-state index contributed by atoms with van der Waals surface area (Å²) in [5.41, 5.74) is 0.506. The molecule has 1 aromatic rings. The Labute approximate surface area is 158 Å². The number of piperidine rings is 1. The fraction of sp³-hybridized carbons (Fsp3) is 0.550. The van der Waals surface area contributed by atoms with Crippen LogP contribution in [0.25, 0.3) is 0 Å². The van der Waals surface area contributed by atoms with Crippen LogP contribution in [-0.4, -0.2) is 67.0 Å². The van der Waals surface area contributed by atoms with Crippen LogP contribution in [0.2, 0.25) is 0 Å². The lowest BCUT2D eigenvalue weighted by atomic mass is 10.0. The summed E-state index contributed by atoms with van der Waals surface area (Å²) in [6.07, 6.45) is 3.26. The van der Waals surface area contributed by atoms with Crippen LogP contribution in [0.4, 0.5) is 0 Å². The second-order valence-corrected chi connectivity index (χ2v) is 7.46. The van der Waals surface area contributed by atoms with E-state index in [1.54, 1.807) is 29.2 Å².